The van der Waals surface area contributed by atoms with Crippen LogP contribution in [0, 0.1) is 0 Å². The standard InChI is InChI=1S/C12H8O4.2C4H11N/c13-11(14)9-6-5-7-3-1-2-4-8(7)10(9)12(15)16;2*1-3-5-4-2/h1-6H,(H,13,14)(H,15,16);2*5H,3-4H2,1-2H3. The van der Waals surface area contributed by atoms with Crippen molar-refractivity contribution in [3.8, 4) is 0 Å². The lowest BCUT2D eigenvalue weighted by atomic mass is 9.99. The molecule has 0 bridgehead atoms. The quantitative estimate of drug-likeness (QED) is 0.628. The van der Waals surface area contributed by atoms with Crippen LogP contribution in [0.2, 0.25) is 0 Å². The van der Waals surface area contributed by atoms with Gasteiger partial charge in [-0.15, -0.1) is 0 Å². The van der Waals surface area contributed by atoms with E-state index in [0.717, 1.165) is 26.2 Å². The summed E-state index contributed by atoms with van der Waals surface area (Å²) in [5.74, 6) is -2.46. The van der Waals surface area contributed by atoms with Gasteiger partial charge in [-0.25, -0.2) is 9.59 Å². The zero-order valence-electron chi connectivity index (χ0n) is 16.0. The fourth-order valence-electron chi connectivity index (χ4n) is 2.18. The zero-order chi connectivity index (χ0) is 19.9. The fraction of sp³-hybridized carbons (Fsp3) is 0.400. The molecule has 0 aliphatic heterocycles. The van der Waals surface area contributed by atoms with Crippen LogP contribution in [0.15, 0.2) is 36.4 Å². The topological polar surface area (TPSA) is 98.7 Å². The molecule has 0 aliphatic carbocycles. The highest BCUT2D eigenvalue weighted by Crippen LogP contribution is 2.22. The first-order chi connectivity index (χ1) is 12.4. The Hall–Kier alpha value is -2.44. The maximum absolute atomic E-state index is 11.1. The third-order valence-electron chi connectivity index (χ3n) is 3.37. The van der Waals surface area contributed by atoms with Crippen LogP contribution in [0.4, 0.5) is 0 Å². The zero-order valence-corrected chi connectivity index (χ0v) is 16.0. The summed E-state index contributed by atoms with van der Waals surface area (Å²) in [6.45, 7) is 12.8. The number of aromatic carboxylic acids is 2. The first-order valence-electron chi connectivity index (χ1n) is 8.84. The van der Waals surface area contributed by atoms with E-state index in [1.165, 1.54) is 6.07 Å². The van der Waals surface area contributed by atoms with Crippen LogP contribution in [0.3, 0.4) is 0 Å². The predicted octanol–water partition coefficient (Wildman–Crippen LogP) is 3.47. The molecule has 0 aliphatic rings. The Morgan fingerprint density at radius 2 is 1.27 bits per heavy atom. The maximum Gasteiger partial charge on any atom is 0.337 e. The number of benzene rings is 2. The normalized spacial score (nSPS) is 9.54. The van der Waals surface area contributed by atoms with E-state index in [-0.39, 0.29) is 11.1 Å². The minimum absolute atomic E-state index is 0.161. The Labute approximate surface area is 155 Å². The number of carboxylic acids is 2. The Balaban J connectivity index is 0.000000520. The number of carbonyl (C=O) groups is 2. The van der Waals surface area contributed by atoms with Gasteiger partial charge in [0.1, 0.15) is 0 Å². The summed E-state index contributed by atoms with van der Waals surface area (Å²) in [7, 11) is 0. The molecule has 0 atom stereocenters. The van der Waals surface area contributed by atoms with Gasteiger partial charge in [0.2, 0.25) is 0 Å². The maximum atomic E-state index is 11.1. The molecule has 0 aromatic heterocycles. The van der Waals surface area contributed by atoms with Crippen molar-refractivity contribution in [1.29, 1.82) is 0 Å². The molecule has 0 heterocycles. The molecule has 0 radical (unpaired) electrons. The minimum Gasteiger partial charge on any atom is -0.478 e. The van der Waals surface area contributed by atoms with Gasteiger partial charge in [0.05, 0.1) is 11.1 Å². The second kappa shape index (κ2) is 13.8. The molecule has 2 rings (SSSR count). The third-order valence-corrected chi connectivity index (χ3v) is 3.37. The second-order valence-electron chi connectivity index (χ2n) is 5.23. The summed E-state index contributed by atoms with van der Waals surface area (Å²) >= 11 is 0. The highest BCUT2D eigenvalue weighted by Gasteiger charge is 2.18. The summed E-state index contributed by atoms with van der Waals surface area (Å²) in [6, 6.07) is 9.72. The molecular formula is C20H30N2O4. The molecule has 2 aromatic carbocycles. The van der Waals surface area contributed by atoms with Gasteiger partial charge in [-0.3, -0.25) is 0 Å². The second-order valence-corrected chi connectivity index (χ2v) is 5.23. The predicted molar refractivity (Wildman–Crippen MR) is 106 cm³/mol. The smallest absolute Gasteiger partial charge is 0.337 e. The summed E-state index contributed by atoms with van der Waals surface area (Å²) < 4.78 is 0. The first-order valence-corrected chi connectivity index (χ1v) is 8.84. The van der Waals surface area contributed by atoms with Crippen molar-refractivity contribution >= 4 is 22.7 Å². The number of carboxylic acid groups (broad SMARTS) is 2. The van der Waals surface area contributed by atoms with Crippen molar-refractivity contribution in [3.63, 3.8) is 0 Å². The Morgan fingerprint density at radius 1 is 0.769 bits per heavy atom. The van der Waals surface area contributed by atoms with Crippen molar-refractivity contribution in [2.75, 3.05) is 26.2 Å². The van der Waals surface area contributed by atoms with E-state index in [4.69, 9.17) is 10.2 Å². The molecule has 6 heteroatoms. The van der Waals surface area contributed by atoms with Crippen LogP contribution >= 0.6 is 0 Å². The lowest BCUT2D eigenvalue weighted by Crippen LogP contribution is -2.09. The highest BCUT2D eigenvalue weighted by atomic mass is 16.4. The number of rotatable bonds is 6. The van der Waals surface area contributed by atoms with Crippen LogP contribution in [0.25, 0.3) is 10.8 Å². The molecular weight excluding hydrogens is 332 g/mol. The van der Waals surface area contributed by atoms with Crippen molar-refractivity contribution in [2.24, 2.45) is 0 Å². The van der Waals surface area contributed by atoms with Gasteiger partial charge < -0.3 is 20.8 Å². The van der Waals surface area contributed by atoms with Crippen LogP contribution in [-0.2, 0) is 0 Å². The van der Waals surface area contributed by atoms with Crippen LogP contribution in [-0.4, -0.2) is 48.3 Å². The van der Waals surface area contributed by atoms with E-state index in [1.807, 2.05) is 0 Å². The molecule has 0 spiro atoms. The van der Waals surface area contributed by atoms with Gasteiger partial charge >= 0.3 is 11.9 Å². The molecule has 26 heavy (non-hydrogen) atoms. The molecule has 2 aromatic rings. The Morgan fingerprint density at radius 3 is 1.65 bits per heavy atom. The van der Waals surface area contributed by atoms with Gasteiger partial charge in [0.25, 0.3) is 0 Å². The van der Waals surface area contributed by atoms with Crippen molar-refractivity contribution in [3.05, 3.63) is 47.5 Å². The molecule has 0 unspecified atom stereocenters. The fourth-order valence-corrected chi connectivity index (χ4v) is 2.18. The third kappa shape index (κ3) is 8.09. The van der Waals surface area contributed by atoms with E-state index < -0.39 is 11.9 Å². The molecule has 0 amide bonds. The molecule has 0 saturated carbocycles. The summed E-state index contributed by atoms with van der Waals surface area (Å²) in [6.07, 6.45) is 0. The summed E-state index contributed by atoms with van der Waals surface area (Å²) in [5, 5.41) is 25.3. The van der Waals surface area contributed by atoms with E-state index >= 15 is 0 Å². The van der Waals surface area contributed by atoms with Gasteiger partial charge in [-0.2, -0.15) is 0 Å². The summed E-state index contributed by atoms with van der Waals surface area (Å²) in [5.41, 5.74) is -0.350. The number of hydrogen-bond acceptors (Lipinski definition) is 4. The van der Waals surface area contributed by atoms with Crippen molar-refractivity contribution in [2.45, 2.75) is 27.7 Å². The number of fused-ring (bicyclic) bond motifs is 1. The lowest BCUT2D eigenvalue weighted by molar-refractivity contribution is 0.0653. The van der Waals surface area contributed by atoms with E-state index in [0.29, 0.717) is 10.8 Å². The number of nitrogens with one attached hydrogen (secondary N) is 2. The molecule has 144 valence electrons. The molecule has 6 nitrogen and oxygen atoms in total. The largest absolute Gasteiger partial charge is 0.478 e. The Kier molecular flexibility index (Phi) is 12.5. The summed E-state index contributed by atoms with van der Waals surface area (Å²) in [4.78, 5) is 22.0. The minimum atomic E-state index is -1.23. The molecule has 0 fully saturated rings. The van der Waals surface area contributed by atoms with Crippen LogP contribution < -0.4 is 10.6 Å². The molecule has 0 saturated heterocycles. The highest BCUT2D eigenvalue weighted by molar-refractivity contribution is 6.11. The first kappa shape index (κ1) is 23.6. The average Bonchev–Trinajstić information content (AvgIpc) is 2.63. The SMILES string of the molecule is CCNCC.CCNCC.O=C(O)c1ccc2ccccc2c1C(=O)O. The van der Waals surface area contributed by atoms with Crippen molar-refractivity contribution < 1.29 is 19.8 Å². The van der Waals surface area contributed by atoms with Crippen molar-refractivity contribution in [1.82, 2.24) is 10.6 Å². The van der Waals surface area contributed by atoms with Gasteiger partial charge in [0.15, 0.2) is 0 Å². The van der Waals surface area contributed by atoms with Gasteiger partial charge in [0, 0.05) is 0 Å². The lowest BCUT2D eigenvalue weighted by Gasteiger charge is -2.05. The monoisotopic (exact) mass is 362 g/mol. The Bertz CT molecular complexity index is 677. The van der Waals surface area contributed by atoms with Crippen LogP contribution in [0.5, 0.6) is 0 Å². The van der Waals surface area contributed by atoms with Gasteiger partial charge in [-0.05, 0) is 43.0 Å². The number of hydrogen-bond donors (Lipinski definition) is 4. The molecule has 4 N–H and O–H groups in total. The average molecular weight is 362 g/mol. The van der Waals surface area contributed by atoms with Gasteiger partial charge in [-0.1, -0.05) is 58.0 Å². The van der Waals surface area contributed by atoms with E-state index in [9.17, 15) is 9.59 Å². The van der Waals surface area contributed by atoms with E-state index in [1.54, 1.807) is 30.3 Å². The van der Waals surface area contributed by atoms with E-state index in [2.05, 4.69) is 38.3 Å². The van der Waals surface area contributed by atoms with Crippen LogP contribution in [0.1, 0.15) is 48.4 Å².